The maximum atomic E-state index is 12.4. The number of thiophene rings is 1. The van der Waals surface area contributed by atoms with Gasteiger partial charge in [-0.05, 0) is 49.0 Å². The highest BCUT2D eigenvalue weighted by molar-refractivity contribution is 7.19. The zero-order valence-corrected chi connectivity index (χ0v) is 17.3. The molecule has 0 spiro atoms. The second-order valence-electron chi connectivity index (χ2n) is 7.75. The minimum absolute atomic E-state index is 0.0825. The predicted molar refractivity (Wildman–Crippen MR) is 117 cm³/mol. The van der Waals surface area contributed by atoms with Crippen molar-refractivity contribution in [3.63, 3.8) is 0 Å². The largest absolute Gasteiger partial charge is 0.337 e. The maximum absolute atomic E-state index is 12.4. The van der Waals surface area contributed by atoms with E-state index in [0.717, 1.165) is 19.4 Å². The van der Waals surface area contributed by atoms with Gasteiger partial charge in [0.05, 0.1) is 0 Å². The van der Waals surface area contributed by atoms with Gasteiger partial charge in [-0.25, -0.2) is 4.79 Å². The van der Waals surface area contributed by atoms with Crippen LogP contribution in [0.15, 0.2) is 54.6 Å². The van der Waals surface area contributed by atoms with E-state index in [1.807, 2.05) is 0 Å². The molecule has 2 heterocycles. The number of rotatable bonds is 5. The number of nitrogens with zero attached hydrogens (tertiary/aromatic N) is 1. The third kappa shape index (κ3) is 4.37. The first kappa shape index (κ1) is 19.0. The van der Waals surface area contributed by atoms with Crippen LogP contribution in [0.5, 0.6) is 0 Å². The van der Waals surface area contributed by atoms with E-state index in [4.69, 9.17) is 0 Å². The molecule has 2 N–H and O–H groups in total. The highest BCUT2D eigenvalue weighted by atomic mass is 32.1. The SMILES string of the molecule is C[C@H](Cc1cc2ccccc2s1)NC(=O)NC[C@@H]1Cc2ccccc2CN1C. The molecule has 0 fully saturated rings. The molecule has 4 rings (SSSR count). The zero-order valence-electron chi connectivity index (χ0n) is 16.4. The van der Waals surface area contributed by atoms with Crippen molar-refractivity contribution in [1.82, 2.24) is 15.5 Å². The Balaban J connectivity index is 1.27. The summed E-state index contributed by atoms with van der Waals surface area (Å²) < 4.78 is 1.30. The van der Waals surface area contributed by atoms with Gasteiger partial charge in [-0.3, -0.25) is 4.90 Å². The average molecular weight is 394 g/mol. The third-order valence-corrected chi connectivity index (χ3v) is 6.62. The highest BCUT2D eigenvalue weighted by Crippen LogP contribution is 2.26. The van der Waals surface area contributed by atoms with E-state index >= 15 is 0 Å². The predicted octanol–water partition coefficient (Wildman–Crippen LogP) is 4.19. The molecule has 146 valence electrons. The van der Waals surface area contributed by atoms with E-state index in [-0.39, 0.29) is 12.1 Å². The molecule has 2 aromatic carbocycles. The Morgan fingerprint density at radius 3 is 2.75 bits per heavy atom. The monoisotopic (exact) mass is 393 g/mol. The molecule has 0 bridgehead atoms. The van der Waals surface area contributed by atoms with Gasteiger partial charge in [0.2, 0.25) is 0 Å². The molecule has 0 saturated heterocycles. The van der Waals surface area contributed by atoms with E-state index in [9.17, 15) is 4.79 Å². The molecular weight excluding hydrogens is 366 g/mol. The Morgan fingerprint density at radius 2 is 1.93 bits per heavy atom. The molecule has 1 aliphatic heterocycles. The van der Waals surface area contributed by atoms with E-state index < -0.39 is 0 Å². The van der Waals surface area contributed by atoms with Crippen molar-refractivity contribution in [3.8, 4) is 0 Å². The molecule has 5 heteroatoms. The van der Waals surface area contributed by atoms with Crippen LogP contribution in [0.3, 0.4) is 0 Å². The maximum Gasteiger partial charge on any atom is 0.315 e. The number of hydrogen-bond donors (Lipinski definition) is 2. The second kappa shape index (κ2) is 8.33. The molecule has 0 saturated carbocycles. The number of hydrogen-bond acceptors (Lipinski definition) is 3. The molecule has 3 aromatic rings. The number of amides is 2. The zero-order chi connectivity index (χ0) is 19.5. The first-order valence-electron chi connectivity index (χ1n) is 9.87. The molecule has 4 nitrogen and oxygen atoms in total. The minimum Gasteiger partial charge on any atom is -0.337 e. The Bertz CT molecular complexity index is 934. The number of likely N-dealkylation sites (N-methyl/N-ethyl adjacent to an activating group) is 1. The van der Waals surface area contributed by atoms with Gasteiger partial charge < -0.3 is 10.6 Å². The Labute approximate surface area is 170 Å². The Morgan fingerprint density at radius 1 is 1.18 bits per heavy atom. The van der Waals surface area contributed by atoms with Crippen LogP contribution >= 0.6 is 11.3 Å². The van der Waals surface area contributed by atoms with Crippen molar-refractivity contribution in [2.24, 2.45) is 0 Å². The first-order chi connectivity index (χ1) is 13.6. The summed E-state index contributed by atoms with van der Waals surface area (Å²) in [4.78, 5) is 16.0. The molecular formula is C23H27N3OS. The van der Waals surface area contributed by atoms with Gasteiger partial charge in [-0.1, -0.05) is 42.5 Å². The van der Waals surface area contributed by atoms with Gasteiger partial charge in [-0.2, -0.15) is 0 Å². The number of fused-ring (bicyclic) bond motifs is 2. The smallest absolute Gasteiger partial charge is 0.315 e. The summed E-state index contributed by atoms with van der Waals surface area (Å²) in [6.45, 7) is 3.66. The molecule has 2 amide bonds. The van der Waals surface area contributed by atoms with Crippen molar-refractivity contribution in [2.45, 2.75) is 38.4 Å². The molecule has 0 aliphatic carbocycles. The lowest BCUT2D eigenvalue weighted by Gasteiger charge is -2.34. The lowest BCUT2D eigenvalue weighted by molar-refractivity contribution is 0.202. The van der Waals surface area contributed by atoms with Crippen LogP contribution < -0.4 is 10.6 Å². The van der Waals surface area contributed by atoms with Crippen LogP contribution in [-0.4, -0.2) is 36.6 Å². The summed E-state index contributed by atoms with van der Waals surface area (Å²) in [5.41, 5.74) is 2.79. The quantitative estimate of drug-likeness (QED) is 0.683. The van der Waals surface area contributed by atoms with Crippen LogP contribution in [0.4, 0.5) is 4.79 Å². The molecule has 28 heavy (non-hydrogen) atoms. The summed E-state index contributed by atoms with van der Waals surface area (Å²) in [6, 6.07) is 19.6. The topological polar surface area (TPSA) is 44.4 Å². The van der Waals surface area contributed by atoms with Gasteiger partial charge in [0.15, 0.2) is 0 Å². The van der Waals surface area contributed by atoms with Crippen LogP contribution in [0, 0.1) is 0 Å². The van der Waals surface area contributed by atoms with Crippen LogP contribution in [0.2, 0.25) is 0 Å². The molecule has 0 radical (unpaired) electrons. The van der Waals surface area contributed by atoms with Gasteiger partial charge in [0.1, 0.15) is 0 Å². The van der Waals surface area contributed by atoms with E-state index in [2.05, 4.69) is 84.1 Å². The summed E-state index contributed by atoms with van der Waals surface area (Å²) in [6.07, 6.45) is 1.83. The van der Waals surface area contributed by atoms with Gasteiger partial charge in [-0.15, -0.1) is 11.3 Å². The fourth-order valence-corrected chi connectivity index (χ4v) is 5.12. The summed E-state index contributed by atoms with van der Waals surface area (Å²) in [7, 11) is 2.13. The fraction of sp³-hybridized carbons (Fsp3) is 0.348. The standard InChI is InChI=1S/C23H27N3OS/c1-16(11-21-13-18-8-5-6-10-22(18)28-21)25-23(27)24-14-20-12-17-7-3-4-9-19(17)15-26(20)2/h3-10,13,16,20H,11-12,14-15H2,1-2H3,(H2,24,25,27)/t16-,20+/m1/s1. The molecule has 1 aliphatic rings. The van der Waals surface area contributed by atoms with E-state index in [0.29, 0.717) is 12.6 Å². The van der Waals surface area contributed by atoms with Gasteiger partial charge in [0, 0.05) is 41.2 Å². The average Bonchev–Trinajstić information content (AvgIpc) is 3.08. The fourth-order valence-electron chi connectivity index (χ4n) is 3.92. The lowest BCUT2D eigenvalue weighted by atomic mass is 9.94. The minimum atomic E-state index is -0.0825. The second-order valence-corrected chi connectivity index (χ2v) is 8.92. The Hall–Kier alpha value is -2.37. The van der Waals surface area contributed by atoms with Crippen LogP contribution in [-0.2, 0) is 19.4 Å². The van der Waals surface area contributed by atoms with Crippen molar-refractivity contribution in [1.29, 1.82) is 0 Å². The lowest BCUT2D eigenvalue weighted by Crippen LogP contribution is -2.49. The number of carbonyl (C=O) groups excluding carboxylic acids is 1. The van der Waals surface area contributed by atoms with Crippen molar-refractivity contribution < 1.29 is 4.79 Å². The number of carbonyl (C=O) groups is 1. The third-order valence-electron chi connectivity index (χ3n) is 5.48. The van der Waals surface area contributed by atoms with Gasteiger partial charge in [0.25, 0.3) is 0 Å². The number of benzene rings is 2. The first-order valence-corrected chi connectivity index (χ1v) is 10.7. The molecule has 1 aromatic heterocycles. The summed E-state index contributed by atoms with van der Waals surface area (Å²) >= 11 is 1.80. The van der Waals surface area contributed by atoms with E-state index in [1.54, 1.807) is 11.3 Å². The summed E-state index contributed by atoms with van der Waals surface area (Å²) in [5, 5.41) is 7.43. The van der Waals surface area contributed by atoms with Gasteiger partial charge >= 0.3 is 6.03 Å². The molecule has 2 atom stereocenters. The van der Waals surface area contributed by atoms with E-state index in [1.165, 1.54) is 26.1 Å². The summed E-state index contributed by atoms with van der Waals surface area (Å²) in [5.74, 6) is 0. The van der Waals surface area contributed by atoms with Crippen molar-refractivity contribution >= 4 is 27.5 Å². The van der Waals surface area contributed by atoms with Crippen molar-refractivity contribution in [3.05, 3.63) is 70.6 Å². The van der Waals surface area contributed by atoms with Crippen LogP contribution in [0.25, 0.3) is 10.1 Å². The highest BCUT2D eigenvalue weighted by Gasteiger charge is 2.23. The Kier molecular flexibility index (Phi) is 5.64. The van der Waals surface area contributed by atoms with Crippen molar-refractivity contribution in [2.75, 3.05) is 13.6 Å². The number of nitrogens with one attached hydrogen (secondary N) is 2. The van der Waals surface area contributed by atoms with Crippen LogP contribution in [0.1, 0.15) is 22.9 Å². The molecule has 0 unspecified atom stereocenters. The number of urea groups is 1. The normalized spacial score (nSPS) is 17.9.